The van der Waals surface area contributed by atoms with Gasteiger partial charge in [0.05, 0.1) is 0 Å². The Hall–Kier alpha value is 0.210. The Kier molecular flexibility index (Phi) is 1.85. The molecule has 2 atom stereocenters. The maximum Gasteiger partial charge on any atom is 0.0351 e. The second-order valence-corrected chi connectivity index (χ2v) is 3.56. The standard InChI is InChI=1S/C7H13ClN2/c8-1-2-10-5-6-3-7(10)4-9-6/h6-7,9H,1-5H2. The van der Waals surface area contributed by atoms with Crippen molar-refractivity contribution >= 4 is 11.6 Å². The third-order valence-corrected chi connectivity index (χ3v) is 2.71. The van der Waals surface area contributed by atoms with Crippen LogP contribution in [0.2, 0.25) is 0 Å². The predicted molar refractivity (Wildman–Crippen MR) is 42.5 cm³/mol. The molecule has 3 heteroatoms. The second kappa shape index (κ2) is 2.68. The summed E-state index contributed by atoms with van der Waals surface area (Å²) >= 11 is 5.66. The molecule has 58 valence electrons. The van der Waals surface area contributed by atoms with Crippen molar-refractivity contribution in [1.29, 1.82) is 0 Å². The van der Waals surface area contributed by atoms with Gasteiger partial charge in [0.15, 0.2) is 0 Å². The molecule has 0 radical (unpaired) electrons. The average molecular weight is 161 g/mol. The van der Waals surface area contributed by atoms with Crippen LogP contribution >= 0.6 is 11.6 Å². The summed E-state index contributed by atoms with van der Waals surface area (Å²) in [6.45, 7) is 3.48. The van der Waals surface area contributed by atoms with E-state index in [0.29, 0.717) is 0 Å². The Balaban J connectivity index is 1.90. The largest absolute Gasteiger partial charge is 0.311 e. The fourth-order valence-electron chi connectivity index (χ4n) is 2.03. The van der Waals surface area contributed by atoms with Crippen LogP contribution in [0.5, 0.6) is 0 Å². The Morgan fingerprint density at radius 3 is 3.00 bits per heavy atom. The molecule has 2 aliphatic heterocycles. The van der Waals surface area contributed by atoms with E-state index in [-0.39, 0.29) is 0 Å². The fraction of sp³-hybridized carbons (Fsp3) is 1.00. The summed E-state index contributed by atoms with van der Waals surface area (Å²) in [6, 6.07) is 1.57. The van der Waals surface area contributed by atoms with Crippen LogP contribution in [0, 0.1) is 0 Å². The highest BCUT2D eigenvalue weighted by Gasteiger charge is 2.36. The predicted octanol–water partition coefficient (Wildman–Crippen LogP) is 0.271. The average Bonchev–Trinajstić information content (AvgIpc) is 2.48. The molecule has 0 saturated carbocycles. The molecule has 2 heterocycles. The molecular weight excluding hydrogens is 148 g/mol. The van der Waals surface area contributed by atoms with Gasteiger partial charge in [-0.05, 0) is 6.42 Å². The zero-order valence-corrected chi connectivity index (χ0v) is 6.77. The summed E-state index contributed by atoms with van der Waals surface area (Å²) in [4.78, 5) is 2.49. The normalized spacial score (nSPS) is 39.3. The lowest BCUT2D eigenvalue weighted by Crippen LogP contribution is -2.44. The van der Waals surface area contributed by atoms with E-state index in [4.69, 9.17) is 11.6 Å². The van der Waals surface area contributed by atoms with Crippen molar-refractivity contribution in [2.24, 2.45) is 0 Å². The van der Waals surface area contributed by atoms with Gasteiger partial charge in [0.25, 0.3) is 0 Å². The molecule has 0 spiro atoms. The van der Waals surface area contributed by atoms with E-state index in [1.54, 1.807) is 0 Å². The molecule has 2 nitrogen and oxygen atoms in total. The van der Waals surface area contributed by atoms with E-state index < -0.39 is 0 Å². The van der Waals surface area contributed by atoms with Gasteiger partial charge in [-0.1, -0.05) is 0 Å². The molecule has 2 unspecified atom stereocenters. The van der Waals surface area contributed by atoms with Crippen LogP contribution in [0.1, 0.15) is 6.42 Å². The van der Waals surface area contributed by atoms with E-state index in [9.17, 15) is 0 Å². The molecule has 0 aromatic heterocycles. The molecule has 0 aromatic carbocycles. The minimum absolute atomic E-state index is 0.771. The van der Waals surface area contributed by atoms with Crippen molar-refractivity contribution in [2.45, 2.75) is 18.5 Å². The van der Waals surface area contributed by atoms with Gasteiger partial charge >= 0.3 is 0 Å². The highest BCUT2D eigenvalue weighted by atomic mass is 35.5. The number of rotatable bonds is 2. The van der Waals surface area contributed by atoms with Gasteiger partial charge in [0.1, 0.15) is 0 Å². The van der Waals surface area contributed by atoms with E-state index in [2.05, 4.69) is 10.2 Å². The van der Waals surface area contributed by atoms with Crippen molar-refractivity contribution in [3.05, 3.63) is 0 Å². The smallest absolute Gasteiger partial charge is 0.0351 e. The van der Waals surface area contributed by atoms with E-state index in [1.807, 2.05) is 0 Å². The monoisotopic (exact) mass is 160 g/mol. The Morgan fingerprint density at radius 1 is 1.60 bits per heavy atom. The van der Waals surface area contributed by atoms with E-state index >= 15 is 0 Å². The van der Waals surface area contributed by atoms with Crippen LogP contribution in [0.25, 0.3) is 0 Å². The number of fused-ring (bicyclic) bond motifs is 2. The first-order valence-corrected chi connectivity index (χ1v) is 4.47. The molecule has 2 saturated heterocycles. The number of halogens is 1. The Morgan fingerprint density at radius 2 is 2.50 bits per heavy atom. The van der Waals surface area contributed by atoms with Crippen molar-refractivity contribution in [3.8, 4) is 0 Å². The number of nitrogens with zero attached hydrogens (tertiary/aromatic N) is 1. The number of piperazine rings is 1. The first-order chi connectivity index (χ1) is 4.90. The SMILES string of the molecule is ClCCN1CC2CC1CN2. The van der Waals surface area contributed by atoms with Crippen LogP contribution in [0.15, 0.2) is 0 Å². The lowest BCUT2D eigenvalue weighted by Gasteiger charge is -2.25. The lowest BCUT2D eigenvalue weighted by atomic mass is 10.2. The molecule has 10 heavy (non-hydrogen) atoms. The van der Waals surface area contributed by atoms with E-state index in [1.165, 1.54) is 19.5 Å². The van der Waals surface area contributed by atoms with Crippen LogP contribution in [-0.2, 0) is 0 Å². The first-order valence-electron chi connectivity index (χ1n) is 3.93. The summed E-state index contributed by atoms with van der Waals surface area (Å²) < 4.78 is 0. The zero-order chi connectivity index (χ0) is 6.97. The third kappa shape index (κ3) is 1.04. The number of alkyl halides is 1. The molecule has 0 aromatic rings. The molecule has 2 fully saturated rings. The van der Waals surface area contributed by atoms with Crippen LogP contribution in [0.4, 0.5) is 0 Å². The van der Waals surface area contributed by atoms with Gasteiger partial charge in [-0.25, -0.2) is 0 Å². The summed E-state index contributed by atoms with van der Waals surface area (Å²) in [6.07, 6.45) is 1.34. The lowest BCUT2D eigenvalue weighted by molar-refractivity contribution is 0.239. The van der Waals surface area contributed by atoms with Gasteiger partial charge in [-0.3, -0.25) is 4.90 Å². The quantitative estimate of drug-likeness (QED) is 0.584. The number of likely N-dealkylation sites (tertiary alicyclic amines) is 1. The van der Waals surface area contributed by atoms with Crippen LogP contribution in [0.3, 0.4) is 0 Å². The number of hydrogen-bond donors (Lipinski definition) is 1. The number of hydrogen-bond acceptors (Lipinski definition) is 2. The Labute approximate surface area is 66.5 Å². The van der Waals surface area contributed by atoms with Gasteiger partial charge in [-0.2, -0.15) is 0 Å². The molecule has 0 aliphatic carbocycles. The molecule has 2 aliphatic rings. The molecule has 2 bridgehead atoms. The van der Waals surface area contributed by atoms with Crippen LogP contribution < -0.4 is 5.32 Å². The van der Waals surface area contributed by atoms with Gasteiger partial charge in [0.2, 0.25) is 0 Å². The summed E-state index contributed by atoms with van der Waals surface area (Å²) in [7, 11) is 0. The molecule has 2 rings (SSSR count). The maximum absolute atomic E-state index is 5.66. The topological polar surface area (TPSA) is 15.3 Å². The van der Waals surface area contributed by atoms with Crippen molar-refractivity contribution in [1.82, 2.24) is 10.2 Å². The van der Waals surface area contributed by atoms with Gasteiger partial charge in [0, 0.05) is 37.6 Å². The summed E-state index contributed by atoms with van der Waals surface area (Å²) in [5.74, 6) is 0.781. The summed E-state index contributed by atoms with van der Waals surface area (Å²) in [5, 5.41) is 3.46. The Bertz CT molecular complexity index is 129. The van der Waals surface area contributed by atoms with Gasteiger partial charge in [-0.15, -0.1) is 11.6 Å². The highest BCUT2D eigenvalue weighted by molar-refractivity contribution is 6.18. The summed E-state index contributed by atoms with van der Waals surface area (Å²) in [5.41, 5.74) is 0. The minimum atomic E-state index is 0.771. The zero-order valence-electron chi connectivity index (χ0n) is 6.02. The first kappa shape index (κ1) is 6.89. The molecular formula is C7H13ClN2. The molecule has 0 amide bonds. The fourth-order valence-corrected chi connectivity index (χ4v) is 2.25. The maximum atomic E-state index is 5.66. The third-order valence-electron chi connectivity index (χ3n) is 2.54. The van der Waals surface area contributed by atoms with Crippen molar-refractivity contribution in [3.63, 3.8) is 0 Å². The van der Waals surface area contributed by atoms with Gasteiger partial charge < -0.3 is 5.32 Å². The van der Waals surface area contributed by atoms with E-state index in [0.717, 1.165) is 24.5 Å². The van der Waals surface area contributed by atoms with Crippen LogP contribution in [-0.4, -0.2) is 42.5 Å². The highest BCUT2D eigenvalue weighted by Crippen LogP contribution is 2.22. The molecule has 1 N–H and O–H groups in total. The minimum Gasteiger partial charge on any atom is -0.311 e. The second-order valence-electron chi connectivity index (χ2n) is 3.18. The van der Waals surface area contributed by atoms with Crippen molar-refractivity contribution in [2.75, 3.05) is 25.5 Å². The number of nitrogens with one attached hydrogen (secondary N) is 1. The van der Waals surface area contributed by atoms with Crippen molar-refractivity contribution < 1.29 is 0 Å².